The zero-order valence-corrected chi connectivity index (χ0v) is 16.2. The molecule has 31 heavy (non-hydrogen) atoms. The van der Waals surface area contributed by atoms with Crippen LogP contribution in [0.4, 0.5) is 0 Å². The fraction of sp³-hybridized carbons (Fsp3) is 0.286. The van der Waals surface area contributed by atoms with Crippen molar-refractivity contribution in [1.29, 1.82) is 0 Å². The van der Waals surface area contributed by atoms with Crippen LogP contribution in [0.25, 0.3) is 22.3 Å². The lowest BCUT2D eigenvalue weighted by Crippen LogP contribution is -2.58. The maximum atomic E-state index is 13.2. The molecule has 2 heterocycles. The van der Waals surface area contributed by atoms with Crippen LogP contribution in [0.2, 0.25) is 0 Å². The van der Waals surface area contributed by atoms with Crippen molar-refractivity contribution in [3.05, 3.63) is 46.6 Å². The third kappa shape index (κ3) is 3.66. The fourth-order valence-electron chi connectivity index (χ4n) is 3.41. The number of phenols is 3. The SMILES string of the molecule is C[C@@H]1O[C@H](Oc2c(-c3ccc(O)cc3)oc3cc(O)cc(O)c3c2=O)[C@@H](O)[C@H](O)[C@@H]1O. The Morgan fingerprint density at radius 3 is 2.26 bits per heavy atom. The van der Waals surface area contributed by atoms with Gasteiger partial charge in [-0.15, -0.1) is 0 Å². The van der Waals surface area contributed by atoms with E-state index >= 15 is 0 Å². The molecule has 0 spiro atoms. The monoisotopic (exact) mass is 432 g/mol. The minimum Gasteiger partial charge on any atom is -0.508 e. The zero-order valence-electron chi connectivity index (χ0n) is 16.2. The number of rotatable bonds is 3. The first kappa shape index (κ1) is 20.9. The Morgan fingerprint density at radius 1 is 0.903 bits per heavy atom. The largest absolute Gasteiger partial charge is 0.508 e. The van der Waals surface area contributed by atoms with Crippen LogP contribution in [0.15, 0.2) is 45.6 Å². The van der Waals surface area contributed by atoms with Gasteiger partial charge >= 0.3 is 0 Å². The van der Waals surface area contributed by atoms with E-state index in [4.69, 9.17) is 13.9 Å². The van der Waals surface area contributed by atoms with Crippen LogP contribution in [-0.2, 0) is 4.74 Å². The second-order valence-electron chi connectivity index (χ2n) is 7.27. The van der Waals surface area contributed by atoms with E-state index in [1.807, 2.05) is 0 Å². The Kier molecular flexibility index (Phi) is 5.23. The summed E-state index contributed by atoms with van der Waals surface area (Å²) in [4.78, 5) is 13.2. The van der Waals surface area contributed by atoms with Crippen molar-refractivity contribution in [1.82, 2.24) is 0 Å². The Morgan fingerprint density at radius 2 is 1.58 bits per heavy atom. The van der Waals surface area contributed by atoms with E-state index in [0.29, 0.717) is 5.56 Å². The second kappa shape index (κ2) is 7.75. The van der Waals surface area contributed by atoms with Crippen molar-refractivity contribution >= 4 is 11.0 Å². The lowest BCUT2D eigenvalue weighted by molar-refractivity contribution is -0.268. The molecule has 0 radical (unpaired) electrons. The van der Waals surface area contributed by atoms with Crippen molar-refractivity contribution in [3.63, 3.8) is 0 Å². The van der Waals surface area contributed by atoms with Crippen molar-refractivity contribution in [2.75, 3.05) is 0 Å². The summed E-state index contributed by atoms with van der Waals surface area (Å²) >= 11 is 0. The average molecular weight is 432 g/mol. The number of aliphatic hydroxyl groups is 3. The van der Waals surface area contributed by atoms with E-state index < -0.39 is 47.6 Å². The van der Waals surface area contributed by atoms with Gasteiger partial charge in [0, 0.05) is 17.7 Å². The first-order chi connectivity index (χ1) is 14.7. The molecule has 0 aliphatic carbocycles. The number of fused-ring (bicyclic) bond motifs is 1. The van der Waals surface area contributed by atoms with Crippen molar-refractivity contribution in [3.8, 4) is 34.3 Å². The quantitative estimate of drug-likeness (QED) is 0.348. The summed E-state index contributed by atoms with van der Waals surface area (Å²) < 4.78 is 16.8. The predicted octanol–water partition coefficient (Wildman–Crippen LogP) is 0.783. The molecule has 6 N–H and O–H groups in total. The molecule has 2 aromatic carbocycles. The number of ether oxygens (including phenoxy) is 2. The molecule has 1 aromatic heterocycles. The van der Waals surface area contributed by atoms with Gasteiger partial charge in [0.25, 0.3) is 0 Å². The summed E-state index contributed by atoms with van der Waals surface area (Å²) in [5, 5.41) is 59.4. The van der Waals surface area contributed by atoms with Crippen molar-refractivity contribution in [2.24, 2.45) is 0 Å². The summed E-state index contributed by atoms with van der Waals surface area (Å²) in [6.45, 7) is 1.45. The van der Waals surface area contributed by atoms with Crippen LogP contribution in [0.1, 0.15) is 6.92 Å². The third-order valence-electron chi connectivity index (χ3n) is 5.09. The van der Waals surface area contributed by atoms with Gasteiger partial charge in [0.2, 0.25) is 17.5 Å². The van der Waals surface area contributed by atoms with Crippen LogP contribution in [-0.4, -0.2) is 61.3 Å². The smallest absolute Gasteiger partial charge is 0.239 e. The molecule has 1 aliphatic heterocycles. The summed E-state index contributed by atoms with van der Waals surface area (Å²) in [7, 11) is 0. The van der Waals surface area contributed by atoms with Gasteiger partial charge in [0.1, 0.15) is 46.5 Å². The third-order valence-corrected chi connectivity index (χ3v) is 5.09. The van der Waals surface area contributed by atoms with Gasteiger partial charge in [-0.25, -0.2) is 0 Å². The van der Waals surface area contributed by atoms with Crippen LogP contribution in [0.3, 0.4) is 0 Å². The predicted molar refractivity (Wildman–Crippen MR) is 106 cm³/mol. The summed E-state index contributed by atoms with van der Waals surface area (Å²) in [6.07, 6.45) is -7.11. The molecule has 1 aliphatic rings. The highest BCUT2D eigenvalue weighted by Crippen LogP contribution is 2.37. The standard InChI is InChI=1S/C21H20O10/c1-8-15(25)17(27)18(28)21(29-8)31-20-16(26)14-12(24)6-11(23)7-13(14)30-19(20)9-2-4-10(22)5-3-9/h2-8,15,17-18,21-25,27-28H,1H3/t8-,15+,17+,18-,21+/m0/s1. The number of aliphatic hydroxyl groups excluding tert-OH is 3. The van der Waals surface area contributed by atoms with Gasteiger partial charge in [0.05, 0.1) is 6.10 Å². The summed E-state index contributed by atoms with van der Waals surface area (Å²) in [6, 6.07) is 7.66. The van der Waals surface area contributed by atoms with Crippen molar-refractivity contribution in [2.45, 2.75) is 37.6 Å². The van der Waals surface area contributed by atoms with E-state index in [2.05, 4.69) is 0 Å². The lowest BCUT2D eigenvalue weighted by Gasteiger charge is -2.38. The molecule has 164 valence electrons. The van der Waals surface area contributed by atoms with Crippen molar-refractivity contribution < 1.29 is 44.5 Å². The topological polar surface area (TPSA) is 170 Å². The molecular formula is C21H20O10. The Labute approximate surface area is 174 Å². The molecule has 0 saturated carbocycles. The molecule has 10 heteroatoms. The minimum atomic E-state index is -1.69. The maximum absolute atomic E-state index is 13.2. The highest BCUT2D eigenvalue weighted by molar-refractivity contribution is 5.88. The molecule has 0 unspecified atom stereocenters. The van der Waals surface area contributed by atoms with Gasteiger partial charge < -0.3 is 44.5 Å². The van der Waals surface area contributed by atoms with Crippen LogP contribution in [0, 0.1) is 0 Å². The number of benzene rings is 2. The molecule has 5 atom stereocenters. The van der Waals surface area contributed by atoms with Gasteiger partial charge in [-0.1, -0.05) is 0 Å². The molecule has 0 amide bonds. The molecular weight excluding hydrogens is 412 g/mol. The van der Waals surface area contributed by atoms with Crippen LogP contribution in [0.5, 0.6) is 23.0 Å². The van der Waals surface area contributed by atoms with E-state index in [1.54, 1.807) is 0 Å². The lowest BCUT2D eigenvalue weighted by atomic mass is 10.00. The van der Waals surface area contributed by atoms with Gasteiger partial charge in [0.15, 0.2) is 5.76 Å². The van der Waals surface area contributed by atoms with Gasteiger partial charge in [-0.3, -0.25) is 4.79 Å². The molecule has 3 aromatic rings. The zero-order chi connectivity index (χ0) is 22.4. The molecule has 0 bridgehead atoms. The molecule has 1 fully saturated rings. The van der Waals surface area contributed by atoms with E-state index in [1.165, 1.54) is 31.2 Å². The number of aromatic hydroxyl groups is 3. The second-order valence-corrected chi connectivity index (χ2v) is 7.27. The first-order valence-electron chi connectivity index (χ1n) is 9.36. The van der Waals surface area contributed by atoms with Crippen LogP contribution >= 0.6 is 0 Å². The number of hydrogen-bond acceptors (Lipinski definition) is 10. The molecule has 1 saturated heterocycles. The van der Waals surface area contributed by atoms with Gasteiger partial charge in [-0.05, 0) is 31.2 Å². The normalized spacial score (nSPS) is 26.1. The average Bonchev–Trinajstić information content (AvgIpc) is 2.72. The van der Waals surface area contributed by atoms with E-state index in [-0.39, 0.29) is 28.2 Å². The first-order valence-corrected chi connectivity index (χ1v) is 9.36. The summed E-state index contributed by atoms with van der Waals surface area (Å²) in [5.74, 6) is -1.51. The highest BCUT2D eigenvalue weighted by Gasteiger charge is 2.44. The number of phenolic OH excluding ortho intramolecular Hbond substituents is 3. The fourth-order valence-corrected chi connectivity index (χ4v) is 3.41. The minimum absolute atomic E-state index is 0.0402. The van der Waals surface area contributed by atoms with E-state index in [0.717, 1.165) is 12.1 Å². The van der Waals surface area contributed by atoms with E-state index in [9.17, 15) is 35.4 Å². The Hall–Kier alpha value is -3.31. The molecule has 10 nitrogen and oxygen atoms in total. The van der Waals surface area contributed by atoms with Gasteiger partial charge in [-0.2, -0.15) is 0 Å². The Bertz CT molecular complexity index is 1170. The molecule has 4 rings (SSSR count). The van der Waals surface area contributed by atoms with Crippen LogP contribution < -0.4 is 10.2 Å². The number of hydrogen-bond donors (Lipinski definition) is 6. The summed E-state index contributed by atoms with van der Waals surface area (Å²) in [5.41, 5.74) is -0.661. The highest BCUT2D eigenvalue weighted by atomic mass is 16.7. The Balaban J connectivity index is 1.90. The maximum Gasteiger partial charge on any atom is 0.239 e.